The second kappa shape index (κ2) is 6.13. The van der Waals surface area contributed by atoms with Gasteiger partial charge in [0.05, 0.1) is 17.4 Å². The van der Waals surface area contributed by atoms with Crippen LogP contribution in [0.2, 0.25) is 0 Å². The predicted octanol–water partition coefficient (Wildman–Crippen LogP) is 1.32. The number of nitrogens with one attached hydrogen (secondary N) is 1. The standard InChI is InChI=1S/C14H20N2O4S/c1-9-6-12(21(15,18)19)7-10(2)13(9)16-14(17)11-4-3-5-20-8-11/h6-7,11H,3-5,8H2,1-2H3,(H,16,17)(H2,15,18,19). The monoisotopic (exact) mass is 312 g/mol. The number of benzene rings is 1. The minimum absolute atomic E-state index is 0.0523. The van der Waals surface area contributed by atoms with Gasteiger partial charge < -0.3 is 10.1 Å². The molecule has 3 N–H and O–H groups in total. The Hall–Kier alpha value is -1.44. The summed E-state index contributed by atoms with van der Waals surface area (Å²) in [6.07, 6.45) is 1.68. The van der Waals surface area contributed by atoms with Gasteiger partial charge in [-0.2, -0.15) is 0 Å². The van der Waals surface area contributed by atoms with Crippen LogP contribution >= 0.6 is 0 Å². The number of carbonyl (C=O) groups excluding carboxylic acids is 1. The first-order chi connectivity index (χ1) is 9.79. The number of amides is 1. The highest BCUT2D eigenvalue weighted by Crippen LogP contribution is 2.25. The number of aryl methyl sites for hydroxylation is 2. The number of nitrogens with two attached hydrogens (primary N) is 1. The molecule has 7 heteroatoms. The third-order valence-electron chi connectivity index (χ3n) is 3.61. The maximum Gasteiger partial charge on any atom is 0.238 e. The lowest BCUT2D eigenvalue weighted by Crippen LogP contribution is -2.30. The molecule has 1 aliphatic heterocycles. The Bertz CT molecular complexity index is 626. The largest absolute Gasteiger partial charge is 0.381 e. The molecule has 1 unspecified atom stereocenters. The SMILES string of the molecule is Cc1cc(S(N)(=O)=O)cc(C)c1NC(=O)C1CCCOC1. The van der Waals surface area contributed by atoms with Crippen LogP contribution in [-0.4, -0.2) is 27.5 Å². The molecule has 6 nitrogen and oxygen atoms in total. The summed E-state index contributed by atoms with van der Waals surface area (Å²) in [5.41, 5.74) is 1.98. The highest BCUT2D eigenvalue weighted by atomic mass is 32.2. The minimum Gasteiger partial charge on any atom is -0.381 e. The Labute approximate surface area is 124 Å². The van der Waals surface area contributed by atoms with E-state index in [0.717, 1.165) is 12.8 Å². The van der Waals surface area contributed by atoms with Crippen molar-refractivity contribution in [1.29, 1.82) is 0 Å². The lowest BCUT2D eigenvalue weighted by Gasteiger charge is -2.22. The molecule has 116 valence electrons. The van der Waals surface area contributed by atoms with Crippen molar-refractivity contribution >= 4 is 21.6 Å². The second-order valence-electron chi connectivity index (χ2n) is 5.38. The van der Waals surface area contributed by atoms with Gasteiger partial charge in [0.1, 0.15) is 0 Å². The van der Waals surface area contributed by atoms with E-state index < -0.39 is 10.0 Å². The van der Waals surface area contributed by atoms with E-state index in [-0.39, 0.29) is 16.7 Å². The molecule has 1 atom stereocenters. The molecular formula is C14H20N2O4S. The third kappa shape index (κ3) is 3.81. The fourth-order valence-electron chi connectivity index (χ4n) is 2.46. The molecule has 1 saturated heterocycles. The minimum atomic E-state index is -3.75. The van der Waals surface area contributed by atoms with Crippen molar-refractivity contribution in [2.24, 2.45) is 11.1 Å². The molecule has 2 rings (SSSR count). The Balaban J connectivity index is 2.22. The zero-order valence-corrected chi connectivity index (χ0v) is 13.0. The lowest BCUT2D eigenvalue weighted by atomic mass is 10.0. The number of sulfonamides is 1. The Morgan fingerprint density at radius 3 is 2.43 bits per heavy atom. The van der Waals surface area contributed by atoms with Gasteiger partial charge in [-0.05, 0) is 49.9 Å². The molecule has 0 spiro atoms. The van der Waals surface area contributed by atoms with Crippen LogP contribution in [0.25, 0.3) is 0 Å². The highest BCUT2D eigenvalue weighted by Gasteiger charge is 2.23. The molecule has 1 aromatic rings. The van der Waals surface area contributed by atoms with E-state index in [1.807, 2.05) is 0 Å². The number of ether oxygens (including phenoxy) is 1. The maximum absolute atomic E-state index is 12.2. The van der Waals surface area contributed by atoms with Crippen molar-refractivity contribution in [2.75, 3.05) is 18.5 Å². The molecule has 0 aromatic heterocycles. The summed E-state index contributed by atoms with van der Waals surface area (Å²) in [5.74, 6) is -0.250. The van der Waals surface area contributed by atoms with E-state index in [0.29, 0.717) is 30.0 Å². The number of hydrogen-bond acceptors (Lipinski definition) is 4. The average molecular weight is 312 g/mol. The second-order valence-corrected chi connectivity index (χ2v) is 6.94. The molecule has 0 bridgehead atoms. The number of hydrogen-bond donors (Lipinski definition) is 2. The zero-order valence-electron chi connectivity index (χ0n) is 12.2. The molecule has 0 saturated carbocycles. The van der Waals surface area contributed by atoms with E-state index >= 15 is 0 Å². The fourth-order valence-corrected chi connectivity index (χ4v) is 3.14. The van der Waals surface area contributed by atoms with Crippen molar-refractivity contribution in [2.45, 2.75) is 31.6 Å². The first kappa shape index (κ1) is 15.9. The van der Waals surface area contributed by atoms with Gasteiger partial charge in [-0.25, -0.2) is 13.6 Å². The van der Waals surface area contributed by atoms with Crippen LogP contribution in [0.3, 0.4) is 0 Å². The molecule has 0 aliphatic carbocycles. The van der Waals surface area contributed by atoms with E-state index in [9.17, 15) is 13.2 Å². The maximum atomic E-state index is 12.2. The van der Waals surface area contributed by atoms with Crippen molar-refractivity contribution in [3.63, 3.8) is 0 Å². The van der Waals surface area contributed by atoms with E-state index in [2.05, 4.69) is 5.32 Å². The smallest absolute Gasteiger partial charge is 0.238 e. The number of primary sulfonamides is 1. The summed E-state index contributed by atoms with van der Waals surface area (Å²) in [6, 6.07) is 2.94. The van der Waals surface area contributed by atoms with Gasteiger partial charge in [0.15, 0.2) is 0 Å². The average Bonchev–Trinajstić information content (AvgIpc) is 2.42. The lowest BCUT2D eigenvalue weighted by molar-refractivity contribution is -0.123. The quantitative estimate of drug-likeness (QED) is 0.879. The Morgan fingerprint density at radius 1 is 1.33 bits per heavy atom. The molecule has 0 radical (unpaired) electrons. The topological polar surface area (TPSA) is 98.5 Å². The van der Waals surface area contributed by atoms with Crippen LogP contribution in [0, 0.1) is 19.8 Å². The molecule has 21 heavy (non-hydrogen) atoms. The summed E-state index contributed by atoms with van der Waals surface area (Å²) in [4.78, 5) is 12.3. The van der Waals surface area contributed by atoms with Crippen LogP contribution in [0.15, 0.2) is 17.0 Å². The van der Waals surface area contributed by atoms with Gasteiger partial charge in [0.25, 0.3) is 0 Å². The predicted molar refractivity (Wildman–Crippen MR) is 79.5 cm³/mol. The van der Waals surface area contributed by atoms with E-state index in [1.54, 1.807) is 13.8 Å². The van der Waals surface area contributed by atoms with Gasteiger partial charge in [-0.3, -0.25) is 4.79 Å². The number of rotatable bonds is 3. The number of carbonyl (C=O) groups is 1. The summed E-state index contributed by atoms with van der Waals surface area (Å²) >= 11 is 0. The summed E-state index contributed by atoms with van der Waals surface area (Å²) in [6.45, 7) is 4.62. The normalized spacial score (nSPS) is 19.3. The van der Waals surface area contributed by atoms with Crippen molar-refractivity contribution < 1.29 is 17.9 Å². The van der Waals surface area contributed by atoms with Crippen molar-refractivity contribution in [3.05, 3.63) is 23.3 Å². The highest BCUT2D eigenvalue weighted by molar-refractivity contribution is 7.89. The Morgan fingerprint density at radius 2 is 1.95 bits per heavy atom. The molecule has 1 heterocycles. The van der Waals surface area contributed by atoms with Gasteiger partial charge in [0.2, 0.25) is 15.9 Å². The molecule has 1 fully saturated rings. The van der Waals surface area contributed by atoms with Crippen molar-refractivity contribution in [3.8, 4) is 0 Å². The molecule has 1 aromatic carbocycles. The first-order valence-corrected chi connectivity index (χ1v) is 8.36. The van der Waals surface area contributed by atoms with E-state index in [1.165, 1.54) is 12.1 Å². The van der Waals surface area contributed by atoms with Crippen LogP contribution in [-0.2, 0) is 19.6 Å². The van der Waals surface area contributed by atoms with Gasteiger partial charge in [0, 0.05) is 12.3 Å². The van der Waals surface area contributed by atoms with Gasteiger partial charge in [-0.15, -0.1) is 0 Å². The summed E-state index contributed by atoms with van der Waals surface area (Å²) in [7, 11) is -3.75. The Kier molecular flexibility index (Phi) is 4.65. The van der Waals surface area contributed by atoms with Crippen LogP contribution in [0.4, 0.5) is 5.69 Å². The molecular weight excluding hydrogens is 292 g/mol. The third-order valence-corrected chi connectivity index (χ3v) is 4.51. The van der Waals surface area contributed by atoms with Crippen LogP contribution in [0.5, 0.6) is 0 Å². The van der Waals surface area contributed by atoms with Crippen LogP contribution in [0.1, 0.15) is 24.0 Å². The molecule has 1 aliphatic rings. The fraction of sp³-hybridized carbons (Fsp3) is 0.500. The van der Waals surface area contributed by atoms with E-state index in [4.69, 9.17) is 9.88 Å². The number of anilines is 1. The van der Waals surface area contributed by atoms with Gasteiger partial charge in [-0.1, -0.05) is 0 Å². The summed E-state index contributed by atoms with van der Waals surface area (Å²) in [5, 5.41) is 8.00. The zero-order chi connectivity index (χ0) is 15.6. The summed E-state index contributed by atoms with van der Waals surface area (Å²) < 4.78 is 28.1. The first-order valence-electron chi connectivity index (χ1n) is 6.81. The molecule has 1 amide bonds. The van der Waals surface area contributed by atoms with Crippen LogP contribution < -0.4 is 10.5 Å². The van der Waals surface area contributed by atoms with Gasteiger partial charge >= 0.3 is 0 Å². The van der Waals surface area contributed by atoms with Crippen molar-refractivity contribution in [1.82, 2.24) is 0 Å².